The van der Waals surface area contributed by atoms with Crippen LogP contribution in [0.25, 0.3) is 22.4 Å². The first-order chi connectivity index (χ1) is 16.1. The number of nitrogens with zero attached hydrogens (tertiary/aromatic N) is 6. The first kappa shape index (κ1) is 20.5. The van der Waals surface area contributed by atoms with Crippen LogP contribution in [0.2, 0.25) is 0 Å². The summed E-state index contributed by atoms with van der Waals surface area (Å²) in [6.45, 7) is 3.91. The summed E-state index contributed by atoms with van der Waals surface area (Å²) in [6, 6.07) is 12.5. The van der Waals surface area contributed by atoms with Gasteiger partial charge in [0.1, 0.15) is 6.07 Å². The van der Waals surface area contributed by atoms with Crippen molar-refractivity contribution in [2.45, 2.75) is 13.5 Å². The molecule has 1 aromatic carbocycles. The normalized spacial score (nSPS) is 13.9. The summed E-state index contributed by atoms with van der Waals surface area (Å²) >= 11 is 0. The fraction of sp³-hybridized carbons (Fsp3) is 0.261. The molecule has 5 rings (SSSR count). The van der Waals surface area contributed by atoms with Crippen LogP contribution >= 0.6 is 0 Å². The fourth-order valence-corrected chi connectivity index (χ4v) is 3.97. The third-order valence-corrected chi connectivity index (χ3v) is 5.67. The van der Waals surface area contributed by atoms with E-state index in [1.165, 1.54) is 10.9 Å². The van der Waals surface area contributed by atoms with Crippen molar-refractivity contribution in [3.05, 3.63) is 64.4 Å². The van der Waals surface area contributed by atoms with E-state index in [2.05, 4.69) is 16.2 Å². The number of furan rings is 1. The van der Waals surface area contributed by atoms with Gasteiger partial charge in [-0.15, -0.1) is 0 Å². The average Bonchev–Trinajstić information content (AvgIpc) is 3.54. The lowest BCUT2D eigenvalue weighted by Crippen LogP contribution is -2.49. The Bertz CT molecular complexity index is 1420. The number of carbonyl (C=O) groups excluding carboxylic acids is 1. The molecule has 0 spiro atoms. The molecule has 4 aromatic rings. The van der Waals surface area contributed by atoms with Crippen LogP contribution in [0.3, 0.4) is 0 Å². The maximum atomic E-state index is 13.3. The summed E-state index contributed by atoms with van der Waals surface area (Å²) in [4.78, 5) is 33.7. The Labute approximate surface area is 188 Å². The first-order valence-corrected chi connectivity index (χ1v) is 10.6. The summed E-state index contributed by atoms with van der Waals surface area (Å²) in [6.07, 6.45) is 1.51. The van der Waals surface area contributed by atoms with Gasteiger partial charge >= 0.3 is 0 Å². The lowest BCUT2D eigenvalue weighted by atomic mass is 10.1. The van der Waals surface area contributed by atoms with Gasteiger partial charge in [0.2, 0.25) is 11.6 Å². The summed E-state index contributed by atoms with van der Waals surface area (Å²) < 4.78 is 12.4. The van der Waals surface area contributed by atoms with Gasteiger partial charge in [0.25, 0.3) is 17.4 Å². The highest BCUT2D eigenvalue weighted by Gasteiger charge is 2.29. The van der Waals surface area contributed by atoms with Gasteiger partial charge in [0.15, 0.2) is 11.5 Å². The summed E-state index contributed by atoms with van der Waals surface area (Å²) in [5.74, 6) is 0.805. The van der Waals surface area contributed by atoms with Gasteiger partial charge in [-0.05, 0) is 25.1 Å². The molecule has 33 heavy (non-hydrogen) atoms. The molecule has 1 aliphatic rings. The molecule has 4 heterocycles. The highest BCUT2D eigenvalue weighted by Crippen LogP contribution is 2.29. The van der Waals surface area contributed by atoms with E-state index >= 15 is 0 Å². The third-order valence-electron chi connectivity index (χ3n) is 5.67. The molecule has 10 heteroatoms. The van der Waals surface area contributed by atoms with Crippen LogP contribution in [0.5, 0.6) is 0 Å². The molecule has 1 fully saturated rings. The molecule has 1 amide bonds. The average molecular weight is 444 g/mol. The van der Waals surface area contributed by atoms with E-state index in [0.29, 0.717) is 55.1 Å². The predicted octanol–water partition coefficient (Wildman–Crippen LogP) is 2.50. The zero-order valence-electron chi connectivity index (χ0n) is 17.9. The molecule has 0 bridgehead atoms. The molecular formula is C23H20N6O4. The molecule has 3 aromatic heterocycles. The number of fused-ring (bicyclic) bond motifs is 1. The molecule has 0 unspecified atom stereocenters. The van der Waals surface area contributed by atoms with Crippen LogP contribution in [-0.4, -0.2) is 51.8 Å². The summed E-state index contributed by atoms with van der Waals surface area (Å²) in [5.41, 5.74) is 0.220. The lowest BCUT2D eigenvalue weighted by Gasteiger charge is -2.34. The quantitative estimate of drug-likeness (QED) is 0.471. The second-order valence-electron chi connectivity index (χ2n) is 7.56. The number of hydrogen-bond donors (Lipinski definition) is 0. The zero-order chi connectivity index (χ0) is 22.9. The topological polar surface area (TPSA) is 121 Å². The van der Waals surface area contributed by atoms with Crippen molar-refractivity contribution in [1.82, 2.24) is 19.7 Å². The second-order valence-corrected chi connectivity index (χ2v) is 7.56. The van der Waals surface area contributed by atoms with Crippen molar-refractivity contribution in [3.8, 4) is 17.7 Å². The van der Waals surface area contributed by atoms with Crippen molar-refractivity contribution >= 4 is 22.6 Å². The molecule has 1 saturated heterocycles. The van der Waals surface area contributed by atoms with Crippen molar-refractivity contribution in [2.75, 3.05) is 31.1 Å². The second kappa shape index (κ2) is 8.27. The van der Waals surface area contributed by atoms with E-state index in [1.54, 1.807) is 41.3 Å². The van der Waals surface area contributed by atoms with Gasteiger partial charge in [0.05, 0.1) is 11.6 Å². The number of benzene rings is 1. The van der Waals surface area contributed by atoms with Crippen molar-refractivity contribution in [2.24, 2.45) is 0 Å². The minimum absolute atomic E-state index is 0.170. The number of aryl methyl sites for hydroxylation is 1. The van der Waals surface area contributed by atoms with Crippen molar-refractivity contribution in [1.29, 1.82) is 5.26 Å². The fourth-order valence-electron chi connectivity index (χ4n) is 3.97. The van der Waals surface area contributed by atoms with Gasteiger partial charge in [-0.2, -0.15) is 15.3 Å². The van der Waals surface area contributed by atoms with Gasteiger partial charge < -0.3 is 18.6 Å². The number of amides is 1. The largest absolute Gasteiger partial charge is 0.459 e. The maximum Gasteiger partial charge on any atom is 0.275 e. The van der Waals surface area contributed by atoms with E-state index in [1.807, 2.05) is 11.8 Å². The number of rotatable bonds is 4. The number of piperazine rings is 1. The molecule has 1 aliphatic heterocycles. The zero-order valence-corrected chi connectivity index (χ0v) is 17.9. The van der Waals surface area contributed by atoms with Crippen LogP contribution in [0.1, 0.15) is 23.1 Å². The Hall–Kier alpha value is -4.39. The van der Waals surface area contributed by atoms with Crippen LogP contribution in [-0.2, 0) is 6.54 Å². The Morgan fingerprint density at radius 3 is 2.55 bits per heavy atom. The highest BCUT2D eigenvalue weighted by molar-refractivity contribution is 6.04. The maximum absolute atomic E-state index is 13.3. The summed E-state index contributed by atoms with van der Waals surface area (Å²) in [7, 11) is 0. The molecule has 166 valence electrons. The molecule has 0 radical (unpaired) electrons. The van der Waals surface area contributed by atoms with E-state index < -0.39 is 0 Å². The number of nitriles is 1. The van der Waals surface area contributed by atoms with Crippen molar-refractivity contribution < 1.29 is 13.6 Å². The minimum atomic E-state index is -0.234. The monoisotopic (exact) mass is 444 g/mol. The van der Waals surface area contributed by atoms with Crippen LogP contribution < -0.4 is 10.5 Å². The number of carbonyl (C=O) groups is 1. The molecular weight excluding hydrogens is 424 g/mol. The SMILES string of the molecule is CCn1nc(C(=O)N2CCN(c3oc(-c4ccco4)nc3C#N)CC2)c2ccccc2c1=O. The van der Waals surface area contributed by atoms with Gasteiger partial charge in [-0.1, -0.05) is 18.2 Å². The van der Waals surface area contributed by atoms with E-state index in [0.717, 1.165) is 0 Å². The Kier molecular flexibility index (Phi) is 5.14. The summed E-state index contributed by atoms with van der Waals surface area (Å²) in [5, 5.41) is 14.9. The molecule has 0 atom stereocenters. The minimum Gasteiger partial charge on any atom is -0.459 e. The third kappa shape index (κ3) is 3.53. The molecule has 10 nitrogen and oxygen atoms in total. The Balaban J connectivity index is 1.39. The van der Waals surface area contributed by atoms with E-state index in [4.69, 9.17) is 8.83 Å². The number of oxazole rings is 1. The van der Waals surface area contributed by atoms with Crippen LogP contribution in [0, 0.1) is 11.3 Å². The smallest absolute Gasteiger partial charge is 0.275 e. The van der Waals surface area contributed by atoms with Crippen LogP contribution in [0.15, 0.2) is 56.3 Å². The Morgan fingerprint density at radius 2 is 1.88 bits per heavy atom. The van der Waals surface area contributed by atoms with Crippen molar-refractivity contribution in [3.63, 3.8) is 0 Å². The highest BCUT2D eigenvalue weighted by atomic mass is 16.4. The van der Waals surface area contributed by atoms with Gasteiger partial charge in [-0.25, -0.2) is 4.68 Å². The molecule has 0 saturated carbocycles. The predicted molar refractivity (Wildman–Crippen MR) is 119 cm³/mol. The molecule has 0 N–H and O–H groups in total. The van der Waals surface area contributed by atoms with E-state index in [9.17, 15) is 14.9 Å². The van der Waals surface area contributed by atoms with Gasteiger partial charge in [-0.3, -0.25) is 9.59 Å². The molecule has 0 aliphatic carbocycles. The number of hydrogen-bond acceptors (Lipinski definition) is 8. The van der Waals surface area contributed by atoms with Crippen LogP contribution in [0.4, 0.5) is 5.88 Å². The first-order valence-electron chi connectivity index (χ1n) is 10.6. The van der Waals surface area contributed by atoms with Gasteiger partial charge in [0, 0.05) is 38.1 Å². The Morgan fingerprint density at radius 1 is 1.12 bits per heavy atom. The standard InChI is InChI=1S/C23H20N6O4/c1-2-29-21(30)16-7-4-3-6-15(16)19(26-29)22(31)27-9-11-28(12-10-27)23-17(14-24)25-20(33-23)18-8-5-13-32-18/h3-8,13H,2,9-12H2,1H3. The number of anilines is 1. The number of aromatic nitrogens is 3. The lowest BCUT2D eigenvalue weighted by molar-refractivity contribution is 0.0739. The van der Waals surface area contributed by atoms with E-state index in [-0.39, 0.29) is 28.7 Å².